The molecule has 0 aromatic heterocycles. The van der Waals surface area contributed by atoms with Crippen LogP contribution in [0.25, 0.3) is 0 Å². The summed E-state index contributed by atoms with van der Waals surface area (Å²) < 4.78 is 0. The van der Waals surface area contributed by atoms with Crippen LogP contribution in [-0.2, 0) is 0 Å². The smallest absolute Gasteiger partial charge is 0.169 e. The van der Waals surface area contributed by atoms with Gasteiger partial charge in [0.1, 0.15) is 0 Å². The Morgan fingerprint density at radius 2 is 1.88 bits per heavy atom. The van der Waals surface area contributed by atoms with Gasteiger partial charge in [-0.15, -0.1) is 0 Å². The van der Waals surface area contributed by atoms with E-state index in [0.717, 1.165) is 30.7 Å². The summed E-state index contributed by atoms with van der Waals surface area (Å²) in [7, 11) is 0. The second kappa shape index (κ2) is 6.01. The molecule has 2 fully saturated rings. The van der Waals surface area contributed by atoms with Crippen LogP contribution < -0.4 is 5.32 Å². The largest absolute Gasteiger partial charge is 0.362 e. The van der Waals surface area contributed by atoms with Gasteiger partial charge in [0.25, 0.3) is 0 Å². The number of thiocarbonyl (C=S) groups is 1. The van der Waals surface area contributed by atoms with E-state index in [4.69, 9.17) is 12.2 Å². The monoisotopic (exact) mass is 255 g/mol. The molecule has 1 heterocycles. The van der Waals surface area contributed by atoms with Gasteiger partial charge in [0.05, 0.1) is 0 Å². The van der Waals surface area contributed by atoms with Crippen LogP contribution in [0.1, 0.15) is 26.7 Å². The number of rotatable bonds is 4. The van der Waals surface area contributed by atoms with Gasteiger partial charge in [-0.1, -0.05) is 13.8 Å². The highest BCUT2D eigenvalue weighted by Crippen LogP contribution is 2.29. The molecule has 2 rings (SSSR count). The molecule has 0 atom stereocenters. The lowest BCUT2D eigenvalue weighted by Gasteiger charge is -2.36. The molecule has 1 N–H and O–H groups in total. The van der Waals surface area contributed by atoms with E-state index >= 15 is 0 Å². The zero-order chi connectivity index (χ0) is 12.3. The normalized spacial score (nSPS) is 21.9. The molecule has 4 heteroatoms. The van der Waals surface area contributed by atoms with Gasteiger partial charge in [0, 0.05) is 39.3 Å². The average Bonchev–Trinajstić information content (AvgIpc) is 3.11. The van der Waals surface area contributed by atoms with Crippen LogP contribution in [0.15, 0.2) is 0 Å². The predicted molar refractivity (Wildman–Crippen MR) is 76.2 cm³/mol. The van der Waals surface area contributed by atoms with E-state index in [2.05, 4.69) is 29.0 Å². The zero-order valence-electron chi connectivity index (χ0n) is 11.1. The van der Waals surface area contributed by atoms with Gasteiger partial charge in [0.2, 0.25) is 0 Å². The van der Waals surface area contributed by atoms with E-state index in [9.17, 15) is 0 Å². The minimum Gasteiger partial charge on any atom is -0.362 e. The summed E-state index contributed by atoms with van der Waals surface area (Å²) in [6.45, 7) is 11.3. The van der Waals surface area contributed by atoms with Crippen LogP contribution in [0, 0.1) is 11.8 Å². The minimum absolute atomic E-state index is 0.657. The van der Waals surface area contributed by atoms with E-state index in [1.54, 1.807) is 0 Å². The Hall–Kier alpha value is -0.350. The van der Waals surface area contributed by atoms with Crippen molar-refractivity contribution in [3.05, 3.63) is 0 Å². The highest BCUT2D eigenvalue weighted by molar-refractivity contribution is 7.80. The van der Waals surface area contributed by atoms with Crippen LogP contribution in [0.2, 0.25) is 0 Å². The maximum absolute atomic E-state index is 5.43. The summed E-state index contributed by atoms with van der Waals surface area (Å²) in [4.78, 5) is 4.92. The Labute approximate surface area is 111 Å². The van der Waals surface area contributed by atoms with Crippen LogP contribution in [0.5, 0.6) is 0 Å². The lowest BCUT2D eigenvalue weighted by Crippen LogP contribution is -2.52. The van der Waals surface area contributed by atoms with Gasteiger partial charge in [-0.25, -0.2) is 0 Å². The quantitative estimate of drug-likeness (QED) is 0.768. The first-order valence-electron chi connectivity index (χ1n) is 6.90. The lowest BCUT2D eigenvalue weighted by atomic mass is 10.2. The molecule has 0 aromatic carbocycles. The van der Waals surface area contributed by atoms with Gasteiger partial charge in [-0.2, -0.15) is 0 Å². The second-order valence-electron chi connectivity index (χ2n) is 5.81. The van der Waals surface area contributed by atoms with Crippen LogP contribution in [-0.4, -0.2) is 54.2 Å². The molecule has 0 spiro atoms. The van der Waals surface area contributed by atoms with Crippen molar-refractivity contribution in [3.8, 4) is 0 Å². The van der Waals surface area contributed by atoms with E-state index in [0.29, 0.717) is 5.92 Å². The Kier molecular flexibility index (Phi) is 4.62. The third-order valence-electron chi connectivity index (χ3n) is 3.53. The Bertz CT molecular complexity index is 255. The zero-order valence-corrected chi connectivity index (χ0v) is 11.9. The van der Waals surface area contributed by atoms with Crippen LogP contribution >= 0.6 is 12.2 Å². The summed E-state index contributed by atoms with van der Waals surface area (Å²) >= 11 is 5.43. The summed E-state index contributed by atoms with van der Waals surface area (Å²) in [5.74, 6) is 1.66. The Morgan fingerprint density at radius 3 is 2.41 bits per heavy atom. The molecule has 17 heavy (non-hydrogen) atoms. The Morgan fingerprint density at radius 1 is 1.24 bits per heavy atom. The van der Waals surface area contributed by atoms with Crippen molar-refractivity contribution in [2.24, 2.45) is 11.8 Å². The standard InChI is InChI=1S/C13H25N3S/c1-11(2)9-14-13(17)16-7-5-15(6-8-16)10-12-3-4-12/h11-12H,3-10H2,1-2H3,(H,14,17). The number of nitrogens with zero attached hydrogens (tertiary/aromatic N) is 2. The number of nitrogens with one attached hydrogen (secondary N) is 1. The van der Waals surface area contributed by atoms with Gasteiger partial charge in [-0.05, 0) is 36.9 Å². The molecule has 0 amide bonds. The highest BCUT2D eigenvalue weighted by atomic mass is 32.1. The molecule has 0 bridgehead atoms. The fourth-order valence-electron chi connectivity index (χ4n) is 2.20. The molecule has 1 aliphatic heterocycles. The first-order valence-corrected chi connectivity index (χ1v) is 7.31. The van der Waals surface area contributed by atoms with Crippen molar-refractivity contribution in [2.75, 3.05) is 39.3 Å². The predicted octanol–water partition coefficient (Wildman–Crippen LogP) is 1.54. The first-order chi connectivity index (χ1) is 8.15. The lowest BCUT2D eigenvalue weighted by molar-refractivity contribution is 0.175. The number of piperazine rings is 1. The Balaban J connectivity index is 1.64. The van der Waals surface area contributed by atoms with Gasteiger partial charge >= 0.3 is 0 Å². The van der Waals surface area contributed by atoms with Crippen LogP contribution in [0.3, 0.4) is 0 Å². The van der Waals surface area contributed by atoms with E-state index in [-0.39, 0.29) is 0 Å². The molecule has 1 saturated heterocycles. The highest BCUT2D eigenvalue weighted by Gasteiger charge is 2.26. The molecular formula is C13H25N3S. The topological polar surface area (TPSA) is 18.5 Å². The molecule has 0 unspecified atom stereocenters. The maximum Gasteiger partial charge on any atom is 0.169 e. The van der Waals surface area contributed by atoms with E-state index in [1.807, 2.05) is 0 Å². The fourth-order valence-corrected chi connectivity index (χ4v) is 2.47. The van der Waals surface area contributed by atoms with Crippen molar-refractivity contribution in [3.63, 3.8) is 0 Å². The summed E-state index contributed by atoms with van der Waals surface area (Å²) in [6, 6.07) is 0. The SMILES string of the molecule is CC(C)CNC(=S)N1CCN(CC2CC2)CC1. The molecule has 3 nitrogen and oxygen atoms in total. The maximum atomic E-state index is 5.43. The second-order valence-corrected chi connectivity index (χ2v) is 6.20. The van der Waals surface area contributed by atoms with Crippen molar-refractivity contribution in [2.45, 2.75) is 26.7 Å². The van der Waals surface area contributed by atoms with Crippen molar-refractivity contribution in [1.29, 1.82) is 0 Å². The van der Waals surface area contributed by atoms with Crippen molar-refractivity contribution < 1.29 is 0 Å². The molecule has 1 saturated carbocycles. The van der Waals surface area contributed by atoms with E-state index < -0.39 is 0 Å². The molecule has 1 aliphatic carbocycles. The van der Waals surface area contributed by atoms with Crippen molar-refractivity contribution >= 4 is 17.3 Å². The average molecular weight is 255 g/mol. The molecule has 0 radical (unpaired) electrons. The number of hydrogen-bond acceptors (Lipinski definition) is 2. The van der Waals surface area contributed by atoms with Gasteiger partial charge in [0.15, 0.2) is 5.11 Å². The summed E-state index contributed by atoms with van der Waals surface area (Å²) in [6.07, 6.45) is 2.91. The van der Waals surface area contributed by atoms with Crippen LogP contribution in [0.4, 0.5) is 0 Å². The third-order valence-corrected chi connectivity index (χ3v) is 3.94. The first kappa shape index (κ1) is 13.1. The fraction of sp³-hybridized carbons (Fsp3) is 0.923. The van der Waals surface area contributed by atoms with Crippen molar-refractivity contribution in [1.82, 2.24) is 15.1 Å². The minimum atomic E-state index is 0.657. The molecule has 0 aromatic rings. The third kappa shape index (κ3) is 4.43. The number of hydrogen-bond donors (Lipinski definition) is 1. The molecule has 98 valence electrons. The summed E-state index contributed by atoms with van der Waals surface area (Å²) in [5.41, 5.74) is 0. The van der Waals surface area contributed by atoms with E-state index in [1.165, 1.54) is 32.5 Å². The van der Waals surface area contributed by atoms with Gasteiger partial charge < -0.3 is 10.2 Å². The molecular weight excluding hydrogens is 230 g/mol. The summed E-state index contributed by atoms with van der Waals surface area (Å²) in [5, 5.41) is 4.31. The van der Waals surface area contributed by atoms with Gasteiger partial charge in [-0.3, -0.25) is 4.90 Å². The molecule has 2 aliphatic rings.